The number of rotatable bonds is 3. The molecule has 3 fully saturated rings. The van der Waals surface area contributed by atoms with Crippen LogP contribution in [0.5, 0.6) is 5.75 Å². The first-order valence-corrected chi connectivity index (χ1v) is 11.7. The number of hydrogen-bond acceptors (Lipinski definition) is 9. The van der Waals surface area contributed by atoms with E-state index in [1.807, 2.05) is 24.3 Å². The van der Waals surface area contributed by atoms with Crippen LogP contribution < -0.4 is 9.64 Å². The molecule has 3 aliphatic heterocycles. The molecule has 4 rings (SSSR count). The molecule has 1 aromatic rings. The predicted octanol–water partition coefficient (Wildman–Crippen LogP) is 1.50. The van der Waals surface area contributed by atoms with Gasteiger partial charge in [0, 0.05) is 45.0 Å². The first kappa shape index (κ1) is 24.9. The van der Waals surface area contributed by atoms with E-state index in [9.17, 15) is 19.6 Å². The first-order valence-electron chi connectivity index (χ1n) is 11.7. The molecule has 3 aliphatic rings. The molecule has 3 saturated heterocycles. The van der Waals surface area contributed by atoms with E-state index < -0.39 is 36.1 Å². The van der Waals surface area contributed by atoms with Gasteiger partial charge in [-0.2, -0.15) is 0 Å². The highest BCUT2D eigenvalue weighted by Gasteiger charge is 2.47. The lowest BCUT2D eigenvalue weighted by molar-refractivity contribution is -0.138. The molecule has 2 atom stereocenters. The van der Waals surface area contributed by atoms with Gasteiger partial charge in [-0.3, -0.25) is 4.79 Å². The summed E-state index contributed by atoms with van der Waals surface area (Å²) in [6.45, 7) is 7.61. The van der Waals surface area contributed by atoms with Crippen LogP contribution in [0, 0.1) is 5.21 Å². The molecular weight excluding hydrogens is 458 g/mol. The Balaban J connectivity index is 1.31. The summed E-state index contributed by atoms with van der Waals surface area (Å²) < 4.78 is 15.9. The van der Waals surface area contributed by atoms with Crippen LogP contribution in [0.3, 0.4) is 0 Å². The maximum absolute atomic E-state index is 12.9. The monoisotopic (exact) mass is 490 g/mol. The highest BCUT2D eigenvalue weighted by atomic mass is 16.6. The van der Waals surface area contributed by atoms with E-state index in [4.69, 9.17) is 14.2 Å². The van der Waals surface area contributed by atoms with Gasteiger partial charge in [-0.1, -0.05) is 0 Å². The van der Waals surface area contributed by atoms with Crippen molar-refractivity contribution >= 4 is 23.8 Å². The zero-order valence-electron chi connectivity index (χ0n) is 20.5. The lowest BCUT2D eigenvalue weighted by Gasteiger charge is -2.42. The number of carbonyl (C=O) groups excluding carboxylic acids is 3. The standard InChI is InChI=1S/C23H32N5O7/c1-23(2,3)35-22(31)26-13-14-27-18(15-26)28(32)20(19(27)29)34-21(30)25-11-9-24(10-12-25)16-5-7-17(33-4)8-6-16/h5-8,18,20H,9-15H2,1-4H3/q-1. The second kappa shape index (κ2) is 9.78. The number of nitrogens with zero attached hydrogens (tertiary/aromatic N) is 5. The number of hydroxylamine groups is 2. The maximum Gasteiger partial charge on any atom is 0.411 e. The van der Waals surface area contributed by atoms with Crippen LogP contribution in [-0.4, -0.2) is 109 Å². The predicted molar refractivity (Wildman–Crippen MR) is 126 cm³/mol. The van der Waals surface area contributed by atoms with Gasteiger partial charge in [-0.15, -0.1) is 0 Å². The molecule has 0 saturated carbocycles. The van der Waals surface area contributed by atoms with Gasteiger partial charge in [0.1, 0.15) is 11.4 Å². The highest BCUT2D eigenvalue weighted by Crippen LogP contribution is 2.27. The Morgan fingerprint density at radius 2 is 1.57 bits per heavy atom. The van der Waals surface area contributed by atoms with Crippen molar-refractivity contribution in [3.05, 3.63) is 29.5 Å². The van der Waals surface area contributed by atoms with Gasteiger partial charge in [-0.05, 0) is 45.0 Å². The van der Waals surface area contributed by atoms with Crippen molar-refractivity contribution in [1.29, 1.82) is 0 Å². The third-order valence-electron chi connectivity index (χ3n) is 6.21. The second-order valence-corrected chi connectivity index (χ2v) is 9.71. The van der Waals surface area contributed by atoms with Crippen LogP contribution >= 0.6 is 0 Å². The summed E-state index contributed by atoms with van der Waals surface area (Å²) in [6, 6.07) is 7.67. The second-order valence-electron chi connectivity index (χ2n) is 9.71. The molecule has 192 valence electrons. The lowest BCUT2D eigenvalue weighted by Crippen LogP contribution is -2.56. The number of piperazine rings is 2. The van der Waals surface area contributed by atoms with Crippen molar-refractivity contribution in [3.8, 4) is 5.75 Å². The largest absolute Gasteiger partial charge is 0.781 e. The average Bonchev–Trinajstić information content (AvgIpc) is 3.07. The third-order valence-corrected chi connectivity index (χ3v) is 6.21. The number of methoxy groups -OCH3 is 1. The number of hydrogen-bond donors (Lipinski definition) is 0. The Hall–Kier alpha value is -3.25. The summed E-state index contributed by atoms with van der Waals surface area (Å²) in [6.07, 6.45) is -3.74. The van der Waals surface area contributed by atoms with E-state index >= 15 is 0 Å². The fraction of sp³-hybridized carbons (Fsp3) is 0.609. The van der Waals surface area contributed by atoms with Crippen LogP contribution in [0.4, 0.5) is 15.3 Å². The molecule has 3 amide bonds. The van der Waals surface area contributed by atoms with Gasteiger partial charge in [0.05, 0.1) is 19.8 Å². The maximum atomic E-state index is 12.9. The van der Waals surface area contributed by atoms with Crippen LogP contribution in [-0.2, 0) is 14.3 Å². The van der Waals surface area contributed by atoms with E-state index in [0.717, 1.165) is 11.4 Å². The summed E-state index contributed by atoms with van der Waals surface area (Å²) in [5.74, 6) is 0.198. The summed E-state index contributed by atoms with van der Waals surface area (Å²) in [7, 11) is 1.61. The molecular formula is C23H32N5O7-. The van der Waals surface area contributed by atoms with Crippen molar-refractivity contribution in [3.63, 3.8) is 0 Å². The summed E-state index contributed by atoms with van der Waals surface area (Å²) in [5.41, 5.74) is 0.341. The highest BCUT2D eigenvalue weighted by molar-refractivity contribution is 5.86. The number of ether oxygens (including phenoxy) is 3. The van der Waals surface area contributed by atoms with Crippen molar-refractivity contribution in [2.75, 3.05) is 57.8 Å². The quantitative estimate of drug-likeness (QED) is 0.621. The van der Waals surface area contributed by atoms with Crippen molar-refractivity contribution < 1.29 is 28.6 Å². The van der Waals surface area contributed by atoms with Crippen LogP contribution in [0.2, 0.25) is 0 Å². The van der Waals surface area contributed by atoms with E-state index in [0.29, 0.717) is 31.2 Å². The fourth-order valence-corrected chi connectivity index (χ4v) is 4.35. The van der Waals surface area contributed by atoms with Gasteiger partial charge < -0.3 is 44.1 Å². The Morgan fingerprint density at radius 3 is 2.17 bits per heavy atom. The molecule has 0 aromatic heterocycles. The fourth-order valence-electron chi connectivity index (χ4n) is 4.35. The van der Waals surface area contributed by atoms with E-state index in [1.54, 1.807) is 27.9 Å². The summed E-state index contributed by atoms with van der Waals surface area (Å²) >= 11 is 0. The first-order chi connectivity index (χ1) is 16.6. The molecule has 3 heterocycles. The van der Waals surface area contributed by atoms with Gasteiger partial charge >= 0.3 is 12.2 Å². The van der Waals surface area contributed by atoms with Crippen LogP contribution in [0.15, 0.2) is 24.3 Å². The lowest BCUT2D eigenvalue weighted by atomic mass is 10.2. The van der Waals surface area contributed by atoms with Gasteiger partial charge in [0.2, 0.25) is 6.23 Å². The SMILES string of the molecule is COc1ccc(N2CCN(C(=O)OC3C(=O)N4CCN(C(=O)OC(C)(C)C)CC4N3[O-])CC2)cc1. The molecule has 1 aromatic carbocycles. The molecule has 0 aliphatic carbocycles. The topological polar surface area (TPSA) is 118 Å². The van der Waals surface area contributed by atoms with Gasteiger partial charge in [0.25, 0.3) is 5.91 Å². The number of amides is 3. The smallest absolute Gasteiger partial charge is 0.411 e. The van der Waals surface area contributed by atoms with Gasteiger partial charge in [0.15, 0.2) is 0 Å². The normalized spacial score (nSPS) is 23.3. The molecule has 2 unspecified atom stereocenters. The Kier molecular flexibility index (Phi) is 6.95. The van der Waals surface area contributed by atoms with Gasteiger partial charge in [-0.25, -0.2) is 9.59 Å². The number of anilines is 1. The minimum atomic E-state index is -1.56. The Bertz CT molecular complexity index is 943. The van der Waals surface area contributed by atoms with Crippen molar-refractivity contribution in [2.45, 2.75) is 38.8 Å². The Labute approximate surface area is 204 Å². The average molecular weight is 491 g/mol. The minimum Gasteiger partial charge on any atom is -0.781 e. The van der Waals surface area contributed by atoms with E-state index in [1.165, 1.54) is 14.7 Å². The number of carbonyl (C=O) groups is 3. The summed E-state index contributed by atoms with van der Waals surface area (Å²) in [4.78, 5) is 44.3. The van der Waals surface area contributed by atoms with Crippen LogP contribution in [0.25, 0.3) is 0 Å². The molecule has 0 N–H and O–H groups in total. The van der Waals surface area contributed by atoms with Crippen molar-refractivity contribution in [1.82, 2.24) is 19.8 Å². The molecule has 12 nitrogen and oxygen atoms in total. The number of benzene rings is 1. The zero-order chi connectivity index (χ0) is 25.3. The number of fused-ring (bicyclic) bond motifs is 1. The molecule has 0 radical (unpaired) electrons. The Morgan fingerprint density at radius 1 is 0.943 bits per heavy atom. The minimum absolute atomic E-state index is 0.0151. The van der Waals surface area contributed by atoms with Crippen LogP contribution in [0.1, 0.15) is 20.8 Å². The molecule has 35 heavy (non-hydrogen) atoms. The molecule has 12 heteroatoms. The van der Waals surface area contributed by atoms with E-state index in [2.05, 4.69) is 4.90 Å². The molecule has 0 spiro atoms. The van der Waals surface area contributed by atoms with Crippen molar-refractivity contribution in [2.24, 2.45) is 0 Å². The third kappa shape index (κ3) is 5.38. The summed E-state index contributed by atoms with van der Waals surface area (Å²) in [5, 5.41) is 13.3. The zero-order valence-corrected chi connectivity index (χ0v) is 20.5. The molecule has 0 bridgehead atoms. The van der Waals surface area contributed by atoms with E-state index in [-0.39, 0.29) is 19.6 Å².